The van der Waals surface area contributed by atoms with Gasteiger partial charge in [0.05, 0.1) is 11.7 Å². The van der Waals surface area contributed by atoms with Gasteiger partial charge in [-0.05, 0) is 32.9 Å². The van der Waals surface area contributed by atoms with E-state index < -0.39 is 5.54 Å². The van der Waals surface area contributed by atoms with Crippen molar-refractivity contribution in [3.8, 4) is 0 Å². The highest BCUT2D eigenvalue weighted by Crippen LogP contribution is 2.09. The van der Waals surface area contributed by atoms with Crippen molar-refractivity contribution in [1.29, 1.82) is 0 Å². The molecule has 0 saturated heterocycles. The molecule has 0 aliphatic carbocycles. The second kappa shape index (κ2) is 4.44. The van der Waals surface area contributed by atoms with E-state index in [-0.39, 0.29) is 5.91 Å². The summed E-state index contributed by atoms with van der Waals surface area (Å²) >= 11 is 0. The van der Waals surface area contributed by atoms with Crippen molar-refractivity contribution in [1.82, 2.24) is 15.1 Å². The predicted octanol–water partition coefficient (Wildman–Crippen LogP) is 0.0450. The molecule has 5 nitrogen and oxygen atoms in total. The van der Waals surface area contributed by atoms with Gasteiger partial charge in [0.25, 0.3) is 0 Å². The Morgan fingerprint density at radius 3 is 2.80 bits per heavy atom. The molecule has 1 heterocycles. The number of nitrogens with zero attached hydrogens (tertiary/aromatic N) is 2. The summed E-state index contributed by atoms with van der Waals surface area (Å²) in [4.78, 5) is 11.2. The number of carbonyl (C=O) groups is 1. The lowest BCUT2D eigenvalue weighted by Crippen LogP contribution is -2.52. The van der Waals surface area contributed by atoms with Crippen molar-refractivity contribution >= 4 is 5.91 Å². The molecule has 1 atom stereocenters. The molecule has 0 fully saturated rings. The first-order valence-corrected chi connectivity index (χ1v) is 4.96. The average Bonchev–Trinajstić information content (AvgIpc) is 2.60. The van der Waals surface area contributed by atoms with E-state index in [1.54, 1.807) is 20.2 Å². The number of primary amides is 1. The number of hydrogen-bond donors (Lipinski definition) is 2. The van der Waals surface area contributed by atoms with Crippen LogP contribution in [0.15, 0.2) is 12.4 Å². The van der Waals surface area contributed by atoms with Crippen molar-refractivity contribution < 1.29 is 4.79 Å². The summed E-state index contributed by atoms with van der Waals surface area (Å²) in [7, 11) is 1.74. The molecule has 84 valence electrons. The van der Waals surface area contributed by atoms with Crippen LogP contribution in [0.1, 0.15) is 18.9 Å². The van der Waals surface area contributed by atoms with E-state index in [9.17, 15) is 4.79 Å². The lowest BCUT2D eigenvalue weighted by molar-refractivity contribution is -0.124. The van der Waals surface area contributed by atoms with Crippen LogP contribution < -0.4 is 11.1 Å². The molecular formula is C10H18N4O. The fourth-order valence-corrected chi connectivity index (χ4v) is 1.30. The first-order valence-electron chi connectivity index (χ1n) is 4.96. The second-order valence-electron chi connectivity index (χ2n) is 3.98. The van der Waals surface area contributed by atoms with Crippen LogP contribution in [0, 0.1) is 6.92 Å². The third kappa shape index (κ3) is 2.79. The molecule has 1 rings (SSSR count). The van der Waals surface area contributed by atoms with Crippen LogP contribution in [0.3, 0.4) is 0 Å². The zero-order valence-corrected chi connectivity index (χ0v) is 9.45. The van der Waals surface area contributed by atoms with E-state index in [2.05, 4.69) is 10.4 Å². The Hall–Kier alpha value is -1.36. The minimum absolute atomic E-state index is 0.339. The fraction of sp³-hybridized carbons (Fsp3) is 0.600. The van der Waals surface area contributed by atoms with Crippen molar-refractivity contribution in [2.24, 2.45) is 5.73 Å². The summed E-state index contributed by atoms with van der Waals surface area (Å²) in [5, 5.41) is 7.09. The molecule has 0 spiro atoms. The standard InChI is InChI=1S/C10H18N4O/c1-8-6-13-14(7-8)5-4-10(2,12-3)9(11)15/h6-7,12H,4-5H2,1-3H3,(H2,11,15). The predicted molar refractivity (Wildman–Crippen MR) is 58.2 cm³/mol. The van der Waals surface area contributed by atoms with Gasteiger partial charge in [0, 0.05) is 12.7 Å². The van der Waals surface area contributed by atoms with E-state index >= 15 is 0 Å². The number of nitrogens with one attached hydrogen (secondary N) is 1. The van der Waals surface area contributed by atoms with Gasteiger partial charge in [0.2, 0.25) is 5.91 Å². The lowest BCUT2D eigenvalue weighted by atomic mass is 9.97. The summed E-state index contributed by atoms with van der Waals surface area (Å²) in [5.74, 6) is -0.339. The second-order valence-corrected chi connectivity index (χ2v) is 3.98. The number of aromatic nitrogens is 2. The summed E-state index contributed by atoms with van der Waals surface area (Å²) in [5.41, 5.74) is 5.76. The van der Waals surface area contributed by atoms with Gasteiger partial charge >= 0.3 is 0 Å². The Labute approximate surface area is 89.6 Å². The average molecular weight is 210 g/mol. The number of carbonyl (C=O) groups excluding carboxylic acids is 1. The van der Waals surface area contributed by atoms with Crippen molar-refractivity contribution in [3.05, 3.63) is 18.0 Å². The molecule has 5 heteroatoms. The molecule has 3 N–H and O–H groups in total. The van der Waals surface area contributed by atoms with Crippen LogP contribution in [0.4, 0.5) is 0 Å². The van der Waals surface area contributed by atoms with Gasteiger partial charge in [-0.15, -0.1) is 0 Å². The van der Waals surface area contributed by atoms with Crippen LogP contribution in [-0.2, 0) is 11.3 Å². The maximum atomic E-state index is 11.2. The van der Waals surface area contributed by atoms with Gasteiger partial charge in [0.15, 0.2) is 0 Å². The van der Waals surface area contributed by atoms with Crippen molar-refractivity contribution in [3.63, 3.8) is 0 Å². The SMILES string of the molecule is CNC(C)(CCn1cc(C)cn1)C(N)=O. The first kappa shape index (κ1) is 11.7. The minimum Gasteiger partial charge on any atom is -0.368 e. The number of amides is 1. The zero-order chi connectivity index (χ0) is 11.5. The molecule has 0 bridgehead atoms. The number of rotatable bonds is 5. The molecule has 0 radical (unpaired) electrons. The largest absolute Gasteiger partial charge is 0.368 e. The van der Waals surface area contributed by atoms with Gasteiger partial charge < -0.3 is 11.1 Å². The highest BCUT2D eigenvalue weighted by atomic mass is 16.1. The third-order valence-corrected chi connectivity index (χ3v) is 2.70. The molecular weight excluding hydrogens is 192 g/mol. The van der Waals surface area contributed by atoms with Crippen LogP contribution >= 0.6 is 0 Å². The molecule has 1 aromatic heterocycles. The van der Waals surface area contributed by atoms with Gasteiger partial charge in [0.1, 0.15) is 0 Å². The van der Waals surface area contributed by atoms with E-state index in [1.807, 2.05) is 17.8 Å². The first-order chi connectivity index (χ1) is 6.98. The van der Waals surface area contributed by atoms with Crippen molar-refractivity contribution in [2.45, 2.75) is 32.4 Å². The van der Waals surface area contributed by atoms with E-state index in [1.165, 1.54) is 0 Å². The quantitative estimate of drug-likeness (QED) is 0.721. The molecule has 0 aliphatic rings. The van der Waals surface area contributed by atoms with Gasteiger partial charge in [-0.2, -0.15) is 5.10 Å². The Kier molecular flexibility index (Phi) is 3.47. The number of nitrogens with two attached hydrogens (primary N) is 1. The maximum Gasteiger partial charge on any atom is 0.237 e. The Bertz CT molecular complexity index is 347. The molecule has 15 heavy (non-hydrogen) atoms. The van der Waals surface area contributed by atoms with Gasteiger partial charge in [-0.3, -0.25) is 9.48 Å². The van der Waals surface area contributed by atoms with Crippen LogP contribution in [0.2, 0.25) is 0 Å². The molecule has 1 aromatic rings. The zero-order valence-electron chi connectivity index (χ0n) is 9.45. The molecule has 0 aliphatic heterocycles. The smallest absolute Gasteiger partial charge is 0.237 e. The number of likely N-dealkylation sites (N-methyl/N-ethyl adjacent to an activating group) is 1. The summed E-state index contributed by atoms with van der Waals surface area (Å²) in [6.45, 7) is 4.45. The Morgan fingerprint density at radius 2 is 2.40 bits per heavy atom. The lowest BCUT2D eigenvalue weighted by Gasteiger charge is -2.25. The van der Waals surface area contributed by atoms with Crippen LogP contribution in [-0.4, -0.2) is 28.3 Å². The molecule has 0 saturated carbocycles. The Morgan fingerprint density at radius 1 is 1.73 bits per heavy atom. The van der Waals surface area contributed by atoms with Gasteiger partial charge in [-0.25, -0.2) is 0 Å². The summed E-state index contributed by atoms with van der Waals surface area (Å²) in [6.07, 6.45) is 4.36. The molecule has 0 aromatic carbocycles. The molecule has 1 amide bonds. The van der Waals surface area contributed by atoms with Crippen LogP contribution in [0.5, 0.6) is 0 Å². The summed E-state index contributed by atoms with van der Waals surface area (Å²) < 4.78 is 1.81. The monoisotopic (exact) mass is 210 g/mol. The normalized spacial score (nSPS) is 14.9. The number of aryl methyl sites for hydroxylation is 2. The van der Waals surface area contributed by atoms with Gasteiger partial charge in [-0.1, -0.05) is 0 Å². The van der Waals surface area contributed by atoms with E-state index in [0.717, 1.165) is 5.56 Å². The minimum atomic E-state index is -0.667. The van der Waals surface area contributed by atoms with Crippen LogP contribution in [0.25, 0.3) is 0 Å². The van der Waals surface area contributed by atoms with E-state index in [0.29, 0.717) is 13.0 Å². The maximum absolute atomic E-state index is 11.2. The van der Waals surface area contributed by atoms with E-state index in [4.69, 9.17) is 5.73 Å². The van der Waals surface area contributed by atoms with Crippen molar-refractivity contribution in [2.75, 3.05) is 7.05 Å². The summed E-state index contributed by atoms with van der Waals surface area (Å²) in [6, 6.07) is 0. The highest BCUT2D eigenvalue weighted by Gasteiger charge is 2.28. The Balaban J connectivity index is 2.59. The number of hydrogen-bond acceptors (Lipinski definition) is 3. The topological polar surface area (TPSA) is 72.9 Å². The molecule has 1 unspecified atom stereocenters. The third-order valence-electron chi connectivity index (χ3n) is 2.70. The highest BCUT2D eigenvalue weighted by molar-refractivity contribution is 5.84. The fourth-order valence-electron chi connectivity index (χ4n) is 1.30.